The van der Waals surface area contributed by atoms with E-state index in [2.05, 4.69) is 0 Å². The molecule has 1 aromatic carbocycles. The molecule has 2 aliphatic rings. The number of hydrogen-bond donors (Lipinski definition) is 1. The third-order valence-electron chi connectivity index (χ3n) is 5.19. The molecule has 0 amide bonds. The van der Waals surface area contributed by atoms with Gasteiger partial charge in [0.15, 0.2) is 11.7 Å². The van der Waals surface area contributed by atoms with E-state index in [0.29, 0.717) is 5.56 Å². The highest BCUT2D eigenvalue weighted by Gasteiger charge is 2.43. The highest BCUT2D eigenvalue weighted by atomic mass is 35.5. The second kappa shape index (κ2) is 7.65. The Morgan fingerprint density at radius 2 is 2.04 bits per heavy atom. The first-order chi connectivity index (χ1) is 10.9. The summed E-state index contributed by atoms with van der Waals surface area (Å²) >= 11 is 2.01. The molecule has 6 heteroatoms. The van der Waals surface area contributed by atoms with Crippen LogP contribution in [0.2, 0.25) is 0 Å². The van der Waals surface area contributed by atoms with Crippen LogP contribution in [0, 0.1) is 6.92 Å². The number of carbonyl (C=O) groups is 1. The van der Waals surface area contributed by atoms with Crippen molar-refractivity contribution in [3.63, 3.8) is 0 Å². The van der Waals surface area contributed by atoms with Crippen LogP contribution >= 0.6 is 11.8 Å². The van der Waals surface area contributed by atoms with Gasteiger partial charge in [0.25, 0.3) is 0 Å². The number of quaternary nitrogens is 1. The zero-order chi connectivity index (χ0) is 16.5. The Balaban J connectivity index is 0.00000208. The van der Waals surface area contributed by atoms with Crippen molar-refractivity contribution in [2.45, 2.75) is 32.0 Å². The molecule has 0 aromatic heterocycles. The van der Waals surface area contributed by atoms with E-state index in [1.165, 1.54) is 31.5 Å². The molecule has 2 unspecified atom stereocenters. The van der Waals surface area contributed by atoms with E-state index in [-0.39, 0.29) is 18.5 Å². The van der Waals surface area contributed by atoms with Gasteiger partial charge in [-0.1, -0.05) is 29.8 Å². The van der Waals surface area contributed by atoms with Crippen molar-refractivity contribution in [1.29, 1.82) is 0 Å². The SMILES string of the molecule is Cc1cccc(C(C)(O)C(=O)OC2CC[N+]3(CCSCC3)C2)c1.[Cl-]. The number of hydrogen-bond acceptors (Lipinski definition) is 4. The van der Waals surface area contributed by atoms with Crippen LogP contribution in [0.5, 0.6) is 0 Å². The van der Waals surface area contributed by atoms with Crippen molar-refractivity contribution in [1.82, 2.24) is 0 Å². The minimum absolute atomic E-state index is 0. The summed E-state index contributed by atoms with van der Waals surface area (Å²) in [5.74, 6) is 1.86. The smallest absolute Gasteiger partial charge is 0.343 e. The number of rotatable bonds is 3. The maximum Gasteiger partial charge on any atom is 0.343 e. The molecule has 0 bridgehead atoms. The van der Waals surface area contributed by atoms with E-state index < -0.39 is 11.6 Å². The summed E-state index contributed by atoms with van der Waals surface area (Å²) in [6.45, 7) is 7.81. The van der Waals surface area contributed by atoms with Gasteiger partial charge >= 0.3 is 5.97 Å². The molecule has 1 N–H and O–H groups in total. The number of benzene rings is 1. The Labute approximate surface area is 154 Å². The maximum atomic E-state index is 12.5. The number of thioether (sulfide) groups is 1. The van der Waals surface area contributed by atoms with Gasteiger partial charge in [-0.05, 0) is 19.4 Å². The lowest BCUT2D eigenvalue weighted by molar-refractivity contribution is -0.914. The minimum Gasteiger partial charge on any atom is -1.00 e. The fraction of sp³-hybridized carbons (Fsp3) is 0.611. The van der Waals surface area contributed by atoms with Crippen molar-refractivity contribution in [3.8, 4) is 0 Å². The van der Waals surface area contributed by atoms with Crippen LogP contribution < -0.4 is 12.4 Å². The number of halogens is 1. The first-order valence-corrected chi connectivity index (χ1v) is 9.50. The quantitative estimate of drug-likeness (QED) is 0.552. The molecule has 0 radical (unpaired) electrons. The third kappa shape index (κ3) is 4.07. The molecule has 1 spiro atoms. The Kier molecular flexibility index (Phi) is 6.24. The van der Waals surface area contributed by atoms with Crippen molar-refractivity contribution < 1.29 is 31.5 Å². The van der Waals surface area contributed by atoms with Crippen LogP contribution in [0.15, 0.2) is 24.3 Å². The number of carbonyl (C=O) groups excluding carboxylic acids is 1. The van der Waals surface area contributed by atoms with Crippen LogP contribution in [0.25, 0.3) is 0 Å². The van der Waals surface area contributed by atoms with Gasteiger partial charge in [-0.3, -0.25) is 0 Å². The Hall–Kier alpha value is -0.750. The van der Waals surface area contributed by atoms with Crippen molar-refractivity contribution >= 4 is 17.7 Å². The summed E-state index contributed by atoms with van der Waals surface area (Å²) in [4.78, 5) is 12.5. The van der Waals surface area contributed by atoms with Crippen LogP contribution in [0.3, 0.4) is 0 Å². The van der Waals surface area contributed by atoms with Crippen LogP contribution in [-0.4, -0.2) is 59.3 Å². The summed E-state index contributed by atoms with van der Waals surface area (Å²) in [6, 6.07) is 7.42. The van der Waals surface area contributed by atoms with Gasteiger partial charge < -0.3 is 26.7 Å². The Bertz CT molecular complexity index is 587. The first-order valence-electron chi connectivity index (χ1n) is 8.35. The second-order valence-electron chi connectivity index (χ2n) is 7.07. The largest absolute Gasteiger partial charge is 1.00 e. The number of esters is 1. The summed E-state index contributed by atoms with van der Waals surface area (Å²) in [5.41, 5.74) is 0.0301. The molecule has 2 saturated heterocycles. The highest BCUT2D eigenvalue weighted by molar-refractivity contribution is 7.99. The molecule has 2 fully saturated rings. The third-order valence-corrected chi connectivity index (χ3v) is 6.13. The fourth-order valence-corrected chi connectivity index (χ4v) is 4.83. The second-order valence-corrected chi connectivity index (χ2v) is 8.29. The predicted molar refractivity (Wildman–Crippen MR) is 92.3 cm³/mol. The summed E-state index contributed by atoms with van der Waals surface area (Å²) < 4.78 is 6.77. The molecule has 2 aliphatic heterocycles. The standard InChI is InChI=1S/C18H26NO3S.ClH/c1-14-4-3-5-15(12-14)18(2,21)17(20)22-16-6-7-19(13-16)8-10-23-11-9-19;/h3-5,12,16,21H,6-11,13H2,1-2H3;1H/q+1;/p-1. The molecular formula is C18H26ClNO3S. The molecular weight excluding hydrogens is 346 g/mol. The Morgan fingerprint density at radius 1 is 1.33 bits per heavy atom. The number of ether oxygens (including phenoxy) is 1. The van der Waals surface area contributed by atoms with Gasteiger partial charge in [0, 0.05) is 17.9 Å². The van der Waals surface area contributed by atoms with E-state index >= 15 is 0 Å². The number of nitrogens with zero attached hydrogens (tertiary/aromatic N) is 1. The molecule has 0 aliphatic carbocycles. The lowest BCUT2D eigenvalue weighted by Gasteiger charge is -2.37. The Morgan fingerprint density at radius 3 is 2.71 bits per heavy atom. The monoisotopic (exact) mass is 371 g/mol. The van der Waals surface area contributed by atoms with Gasteiger partial charge in [-0.25, -0.2) is 4.79 Å². The normalized spacial score (nSPS) is 24.9. The van der Waals surface area contributed by atoms with Crippen LogP contribution in [0.1, 0.15) is 24.5 Å². The van der Waals surface area contributed by atoms with Gasteiger partial charge in [0.1, 0.15) is 6.54 Å². The first kappa shape index (κ1) is 19.6. The summed E-state index contributed by atoms with van der Waals surface area (Å²) in [5, 5.41) is 10.7. The van der Waals surface area contributed by atoms with Gasteiger partial charge in [-0.2, -0.15) is 11.8 Å². The molecule has 2 atom stereocenters. The molecule has 2 heterocycles. The molecule has 134 valence electrons. The zero-order valence-electron chi connectivity index (χ0n) is 14.3. The average Bonchev–Trinajstić information content (AvgIpc) is 2.90. The molecule has 3 rings (SSSR count). The molecule has 24 heavy (non-hydrogen) atoms. The lowest BCUT2D eigenvalue weighted by Crippen LogP contribution is -3.00. The van der Waals surface area contributed by atoms with E-state index in [1.54, 1.807) is 6.07 Å². The topological polar surface area (TPSA) is 46.5 Å². The molecule has 1 aromatic rings. The number of aryl methyl sites for hydroxylation is 1. The zero-order valence-corrected chi connectivity index (χ0v) is 15.9. The maximum absolute atomic E-state index is 12.5. The van der Waals surface area contributed by atoms with Crippen LogP contribution in [-0.2, 0) is 15.1 Å². The van der Waals surface area contributed by atoms with Gasteiger partial charge in [0.2, 0.25) is 0 Å². The average molecular weight is 372 g/mol. The van der Waals surface area contributed by atoms with Crippen molar-refractivity contribution in [2.24, 2.45) is 0 Å². The fourth-order valence-electron chi connectivity index (χ4n) is 3.60. The molecule has 0 saturated carbocycles. The van der Waals surface area contributed by atoms with Crippen LogP contribution in [0.4, 0.5) is 0 Å². The van der Waals surface area contributed by atoms with Crippen molar-refractivity contribution in [3.05, 3.63) is 35.4 Å². The van der Waals surface area contributed by atoms with Gasteiger partial charge in [-0.15, -0.1) is 0 Å². The van der Waals surface area contributed by atoms with E-state index in [4.69, 9.17) is 4.74 Å². The summed E-state index contributed by atoms with van der Waals surface area (Å²) in [7, 11) is 0. The van der Waals surface area contributed by atoms with Gasteiger partial charge in [0.05, 0.1) is 19.6 Å². The van der Waals surface area contributed by atoms with Crippen molar-refractivity contribution in [2.75, 3.05) is 37.7 Å². The van der Waals surface area contributed by atoms with E-state index in [1.807, 2.05) is 36.9 Å². The predicted octanol–water partition coefficient (Wildman–Crippen LogP) is -0.914. The summed E-state index contributed by atoms with van der Waals surface area (Å²) in [6.07, 6.45) is 0.835. The van der Waals surface area contributed by atoms with E-state index in [9.17, 15) is 9.90 Å². The lowest BCUT2D eigenvalue weighted by atomic mass is 9.95. The minimum atomic E-state index is -1.59. The van der Waals surface area contributed by atoms with E-state index in [0.717, 1.165) is 29.6 Å². The highest BCUT2D eigenvalue weighted by Crippen LogP contribution is 2.29. The molecule has 4 nitrogen and oxygen atoms in total. The number of aliphatic hydroxyl groups is 1.